The fourth-order valence-corrected chi connectivity index (χ4v) is 3.96. The molecule has 0 radical (unpaired) electrons. The van der Waals surface area contributed by atoms with Gasteiger partial charge in [-0.2, -0.15) is 5.10 Å². The molecule has 0 saturated carbocycles. The van der Waals surface area contributed by atoms with Gasteiger partial charge in [-0.05, 0) is 24.6 Å². The van der Waals surface area contributed by atoms with Gasteiger partial charge in [0.1, 0.15) is 11.9 Å². The van der Waals surface area contributed by atoms with Crippen LogP contribution in [0.1, 0.15) is 12.5 Å². The number of amides is 2. The summed E-state index contributed by atoms with van der Waals surface area (Å²) in [6.07, 6.45) is 7.91. The third-order valence-electron chi connectivity index (χ3n) is 5.25. The molecule has 27 heavy (non-hydrogen) atoms. The summed E-state index contributed by atoms with van der Waals surface area (Å²) in [5, 5.41) is 6.95. The van der Waals surface area contributed by atoms with Gasteiger partial charge in [-0.25, -0.2) is 9.67 Å². The largest absolute Gasteiger partial charge is 0.345 e. The smallest absolute Gasteiger partial charge is 0.243 e. The summed E-state index contributed by atoms with van der Waals surface area (Å²) < 4.78 is 3.87. The van der Waals surface area contributed by atoms with Crippen LogP contribution in [0, 0.1) is 0 Å². The van der Waals surface area contributed by atoms with E-state index in [2.05, 4.69) is 20.0 Å². The second-order valence-electron chi connectivity index (χ2n) is 6.83. The van der Waals surface area contributed by atoms with Crippen molar-refractivity contribution < 1.29 is 9.59 Å². The van der Waals surface area contributed by atoms with E-state index in [1.807, 2.05) is 42.7 Å². The minimum Gasteiger partial charge on any atom is -0.345 e. The van der Waals surface area contributed by atoms with Crippen LogP contribution in [-0.2, 0) is 9.59 Å². The van der Waals surface area contributed by atoms with Crippen molar-refractivity contribution in [2.75, 3.05) is 13.1 Å². The number of imidazole rings is 1. The summed E-state index contributed by atoms with van der Waals surface area (Å²) in [6, 6.07) is 9.51. The molecule has 2 atom stereocenters. The van der Waals surface area contributed by atoms with Gasteiger partial charge in [0.2, 0.25) is 11.8 Å². The Kier molecular flexibility index (Phi) is 3.56. The molecular formula is C19H18N6O2. The fourth-order valence-electron chi connectivity index (χ4n) is 3.96. The Bertz CT molecular complexity index is 985. The molecule has 1 N–H and O–H groups in total. The molecule has 0 unspecified atom stereocenters. The molecule has 1 aromatic carbocycles. The lowest BCUT2D eigenvalue weighted by molar-refractivity contribution is -0.143. The lowest BCUT2D eigenvalue weighted by Gasteiger charge is -2.28. The van der Waals surface area contributed by atoms with Crippen molar-refractivity contribution in [3.8, 4) is 17.1 Å². The predicted octanol–water partition coefficient (Wildman–Crippen LogP) is 1.01. The van der Waals surface area contributed by atoms with Crippen LogP contribution >= 0.6 is 0 Å². The predicted molar refractivity (Wildman–Crippen MR) is 96.9 cm³/mol. The zero-order chi connectivity index (χ0) is 18.4. The van der Waals surface area contributed by atoms with E-state index in [4.69, 9.17) is 0 Å². The van der Waals surface area contributed by atoms with Crippen LogP contribution in [0.3, 0.4) is 0 Å². The summed E-state index contributed by atoms with van der Waals surface area (Å²) in [4.78, 5) is 30.5. The molecule has 2 amide bonds. The zero-order valence-corrected chi connectivity index (χ0v) is 14.5. The van der Waals surface area contributed by atoms with Gasteiger partial charge in [0.25, 0.3) is 0 Å². The summed E-state index contributed by atoms with van der Waals surface area (Å²) >= 11 is 0. The Morgan fingerprint density at radius 3 is 2.85 bits per heavy atom. The van der Waals surface area contributed by atoms with E-state index in [1.54, 1.807) is 22.0 Å². The van der Waals surface area contributed by atoms with E-state index in [9.17, 15) is 9.59 Å². The van der Waals surface area contributed by atoms with Crippen LogP contribution in [0.4, 0.5) is 0 Å². The topological polar surface area (TPSA) is 85.0 Å². The maximum Gasteiger partial charge on any atom is 0.243 e. The number of rotatable bonds is 3. The number of nitrogens with one attached hydrogen (secondary N) is 1. The van der Waals surface area contributed by atoms with Crippen molar-refractivity contribution in [2.24, 2.45) is 0 Å². The van der Waals surface area contributed by atoms with Gasteiger partial charge in [-0.15, -0.1) is 0 Å². The van der Waals surface area contributed by atoms with E-state index in [-0.39, 0.29) is 30.4 Å². The Morgan fingerprint density at radius 2 is 2.04 bits per heavy atom. The standard InChI is InChI=1S/C19H18N6O2/c26-17-11-21-19(27)16-10-15(12-24(16)17)23-8-6-20-18(23)13-3-1-4-14(9-13)25-7-2-5-22-25/h1-9,15-16H,10-12H2,(H,21,27)/t15-,16-/m0/s1. The van der Waals surface area contributed by atoms with Crippen molar-refractivity contribution in [3.05, 3.63) is 55.1 Å². The van der Waals surface area contributed by atoms with Gasteiger partial charge in [0.05, 0.1) is 18.3 Å². The van der Waals surface area contributed by atoms with Gasteiger partial charge in [0, 0.05) is 36.9 Å². The number of hydrogen-bond acceptors (Lipinski definition) is 4. The quantitative estimate of drug-likeness (QED) is 0.754. The van der Waals surface area contributed by atoms with E-state index in [1.165, 1.54) is 0 Å². The van der Waals surface area contributed by atoms with E-state index < -0.39 is 0 Å². The Labute approximate surface area is 155 Å². The first-order chi connectivity index (χ1) is 13.2. The summed E-state index contributed by atoms with van der Waals surface area (Å²) in [5.74, 6) is 0.727. The van der Waals surface area contributed by atoms with Crippen LogP contribution in [-0.4, -0.2) is 55.2 Å². The first-order valence-corrected chi connectivity index (χ1v) is 8.91. The minimum atomic E-state index is -0.387. The highest BCUT2D eigenvalue weighted by Gasteiger charge is 2.43. The normalized spacial score (nSPS) is 22.0. The van der Waals surface area contributed by atoms with Crippen molar-refractivity contribution in [3.63, 3.8) is 0 Å². The van der Waals surface area contributed by atoms with Gasteiger partial charge in [0.15, 0.2) is 0 Å². The van der Waals surface area contributed by atoms with Crippen LogP contribution in [0.5, 0.6) is 0 Å². The monoisotopic (exact) mass is 362 g/mol. The van der Waals surface area contributed by atoms with Crippen LogP contribution in [0.25, 0.3) is 17.1 Å². The summed E-state index contributed by atoms with van der Waals surface area (Å²) in [7, 11) is 0. The molecule has 0 bridgehead atoms. The maximum absolute atomic E-state index is 12.1. The fraction of sp³-hybridized carbons (Fsp3) is 0.263. The number of carbonyl (C=O) groups excluding carboxylic acids is 2. The Hall–Kier alpha value is -3.42. The number of aromatic nitrogens is 4. The third kappa shape index (κ3) is 2.61. The van der Waals surface area contributed by atoms with Crippen molar-refractivity contribution in [1.29, 1.82) is 0 Å². The van der Waals surface area contributed by atoms with Gasteiger partial charge >= 0.3 is 0 Å². The highest BCUT2D eigenvalue weighted by atomic mass is 16.2. The summed E-state index contributed by atoms with van der Waals surface area (Å²) in [5.41, 5.74) is 1.92. The van der Waals surface area contributed by atoms with Gasteiger partial charge in [-0.3, -0.25) is 9.59 Å². The molecular weight excluding hydrogens is 344 g/mol. The van der Waals surface area contributed by atoms with Crippen LogP contribution in [0.15, 0.2) is 55.1 Å². The maximum atomic E-state index is 12.1. The summed E-state index contributed by atoms with van der Waals surface area (Å²) in [6.45, 7) is 0.615. The van der Waals surface area contributed by atoms with Crippen LogP contribution in [0.2, 0.25) is 0 Å². The first kappa shape index (κ1) is 15.8. The average Bonchev–Trinajstić information content (AvgIpc) is 3.44. The first-order valence-electron chi connectivity index (χ1n) is 8.91. The van der Waals surface area contributed by atoms with Crippen LogP contribution < -0.4 is 5.32 Å². The molecule has 2 aliphatic rings. The number of nitrogens with zero attached hydrogens (tertiary/aromatic N) is 5. The molecule has 136 valence electrons. The Morgan fingerprint density at radius 1 is 1.11 bits per heavy atom. The number of piperazine rings is 1. The molecule has 2 aliphatic heterocycles. The van der Waals surface area contributed by atoms with Crippen molar-refractivity contribution >= 4 is 11.8 Å². The van der Waals surface area contributed by atoms with Crippen molar-refractivity contribution in [1.82, 2.24) is 29.5 Å². The molecule has 0 spiro atoms. The Balaban J connectivity index is 1.48. The minimum absolute atomic E-state index is 0.0219. The molecule has 8 heteroatoms. The van der Waals surface area contributed by atoms with Crippen molar-refractivity contribution in [2.45, 2.75) is 18.5 Å². The highest BCUT2D eigenvalue weighted by molar-refractivity contribution is 5.95. The number of benzene rings is 1. The average molecular weight is 362 g/mol. The zero-order valence-electron chi connectivity index (χ0n) is 14.5. The number of hydrogen-bond donors (Lipinski definition) is 1. The lowest BCUT2D eigenvalue weighted by atomic mass is 10.1. The second kappa shape index (κ2) is 6.08. The molecule has 2 aromatic heterocycles. The molecule has 0 aliphatic carbocycles. The van der Waals surface area contributed by atoms with E-state index >= 15 is 0 Å². The van der Waals surface area contributed by atoms with Gasteiger partial charge < -0.3 is 14.8 Å². The molecule has 2 saturated heterocycles. The molecule has 2 fully saturated rings. The molecule has 4 heterocycles. The number of carbonyl (C=O) groups is 2. The molecule has 5 rings (SSSR count). The molecule has 3 aromatic rings. The van der Waals surface area contributed by atoms with E-state index in [0.29, 0.717) is 13.0 Å². The number of fused-ring (bicyclic) bond motifs is 1. The highest BCUT2D eigenvalue weighted by Crippen LogP contribution is 2.32. The van der Waals surface area contributed by atoms with E-state index in [0.717, 1.165) is 17.1 Å². The molecule has 8 nitrogen and oxygen atoms in total. The SMILES string of the molecule is O=C1NCC(=O)N2C[C@@H](n3ccnc3-c3cccc(-n4cccn4)c3)C[C@@H]12. The van der Waals surface area contributed by atoms with Gasteiger partial charge in [-0.1, -0.05) is 12.1 Å². The second-order valence-corrected chi connectivity index (χ2v) is 6.83. The lowest BCUT2D eigenvalue weighted by Crippen LogP contribution is -2.55. The third-order valence-corrected chi connectivity index (χ3v) is 5.25.